The average molecular weight is 233 g/mol. The number of benzene rings is 1. The Morgan fingerprint density at radius 3 is 2.65 bits per heavy atom. The van der Waals surface area contributed by atoms with E-state index < -0.39 is 0 Å². The molecule has 17 heavy (non-hydrogen) atoms. The number of anilines is 1. The molecular formula is C14H23N3. The summed E-state index contributed by atoms with van der Waals surface area (Å²) >= 11 is 0. The van der Waals surface area contributed by atoms with Crippen molar-refractivity contribution in [1.82, 2.24) is 0 Å². The van der Waals surface area contributed by atoms with Gasteiger partial charge in [0.15, 0.2) is 0 Å². The molecule has 0 fully saturated rings. The molecule has 0 bridgehead atoms. The zero-order valence-electron chi connectivity index (χ0n) is 11.2. The van der Waals surface area contributed by atoms with Gasteiger partial charge in [-0.3, -0.25) is 5.41 Å². The van der Waals surface area contributed by atoms with Crippen LogP contribution < -0.4 is 10.6 Å². The quantitative estimate of drug-likeness (QED) is 0.607. The van der Waals surface area contributed by atoms with E-state index >= 15 is 0 Å². The van der Waals surface area contributed by atoms with Gasteiger partial charge in [-0.2, -0.15) is 0 Å². The summed E-state index contributed by atoms with van der Waals surface area (Å²) in [5.74, 6) is 0.779. The van der Waals surface area contributed by atoms with Gasteiger partial charge in [0, 0.05) is 24.8 Å². The van der Waals surface area contributed by atoms with Crippen LogP contribution in [0, 0.1) is 18.3 Å². The van der Waals surface area contributed by atoms with Crippen molar-refractivity contribution in [3.63, 3.8) is 0 Å². The SMILES string of the molecule is CCC(C)CN(C)c1ccc(C)cc1C(=N)N. The van der Waals surface area contributed by atoms with E-state index in [9.17, 15) is 0 Å². The highest BCUT2D eigenvalue weighted by molar-refractivity contribution is 6.00. The number of nitrogens with two attached hydrogens (primary N) is 1. The number of nitrogens with one attached hydrogen (secondary N) is 1. The molecular weight excluding hydrogens is 210 g/mol. The summed E-state index contributed by atoms with van der Waals surface area (Å²) in [7, 11) is 2.06. The first-order valence-electron chi connectivity index (χ1n) is 6.11. The first kappa shape index (κ1) is 13.6. The molecule has 0 aliphatic carbocycles. The monoisotopic (exact) mass is 233 g/mol. The molecule has 3 N–H and O–H groups in total. The van der Waals surface area contributed by atoms with Crippen LogP contribution in [0.25, 0.3) is 0 Å². The number of nitrogen functional groups attached to an aromatic ring is 1. The van der Waals surface area contributed by atoms with Crippen LogP contribution in [0.4, 0.5) is 5.69 Å². The molecule has 0 aliphatic rings. The van der Waals surface area contributed by atoms with Crippen molar-refractivity contribution >= 4 is 11.5 Å². The van der Waals surface area contributed by atoms with Gasteiger partial charge < -0.3 is 10.6 Å². The van der Waals surface area contributed by atoms with Gasteiger partial charge in [0.2, 0.25) is 0 Å². The Labute approximate surface area is 104 Å². The van der Waals surface area contributed by atoms with Gasteiger partial charge >= 0.3 is 0 Å². The molecule has 0 saturated heterocycles. The fraction of sp³-hybridized carbons (Fsp3) is 0.500. The molecule has 0 amide bonds. The minimum atomic E-state index is 0.139. The van der Waals surface area contributed by atoms with E-state index in [1.54, 1.807) is 0 Å². The van der Waals surface area contributed by atoms with Crippen LogP contribution in [-0.4, -0.2) is 19.4 Å². The van der Waals surface area contributed by atoms with E-state index in [-0.39, 0.29) is 5.84 Å². The van der Waals surface area contributed by atoms with E-state index in [0.717, 1.165) is 29.8 Å². The number of nitrogens with zero attached hydrogens (tertiary/aromatic N) is 1. The second kappa shape index (κ2) is 5.71. The lowest BCUT2D eigenvalue weighted by Gasteiger charge is -2.25. The molecule has 3 heteroatoms. The zero-order chi connectivity index (χ0) is 13.0. The smallest absolute Gasteiger partial charge is 0.124 e. The molecule has 1 rings (SSSR count). The Morgan fingerprint density at radius 1 is 1.47 bits per heavy atom. The lowest BCUT2D eigenvalue weighted by Crippen LogP contribution is -2.26. The third kappa shape index (κ3) is 3.48. The van der Waals surface area contributed by atoms with Crippen molar-refractivity contribution in [3.05, 3.63) is 29.3 Å². The van der Waals surface area contributed by atoms with Gasteiger partial charge in [-0.15, -0.1) is 0 Å². The van der Waals surface area contributed by atoms with E-state index in [1.807, 2.05) is 13.0 Å². The fourth-order valence-electron chi connectivity index (χ4n) is 1.89. The highest BCUT2D eigenvalue weighted by Crippen LogP contribution is 2.21. The largest absolute Gasteiger partial charge is 0.384 e. The predicted octanol–water partition coefficient (Wildman–Crippen LogP) is 2.76. The number of aryl methyl sites for hydroxylation is 1. The van der Waals surface area contributed by atoms with Crippen molar-refractivity contribution in [2.75, 3.05) is 18.5 Å². The van der Waals surface area contributed by atoms with Gasteiger partial charge in [-0.05, 0) is 25.0 Å². The Morgan fingerprint density at radius 2 is 2.12 bits per heavy atom. The van der Waals surface area contributed by atoms with E-state index in [2.05, 4.69) is 37.9 Å². The molecule has 0 aromatic heterocycles. The number of rotatable bonds is 5. The topological polar surface area (TPSA) is 53.1 Å². The third-order valence-electron chi connectivity index (χ3n) is 3.14. The van der Waals surface area contributed by atoms with Gasteiger partial charge in [0.25, 0.3) is 0 Å². The van der Waals surface area contributed by atoms with Crippen molar-refractivity contribution in [2.45, 2.75) is 27.2 Å². The lowest BCUT2D eigenvalue weighted by atomic mass is 10.1. The van der Waals surface area contributed by atoms with Gasteiger partial charge in [-0.25, -0.2) is 0 Å². The summed E-state index contributed by atoms with van der Waals surface area (Å²) in [6.07, 6.45) is 1.16. The third-order valence-corrected chi connectivity index (χ3v) is 3.14. The molecule has 3 nitrogen and oxygen atoms in total. The van der Waals surface area contributed by atoms with Crippen molar-refractivity contribution < 1.29 is 0 Å². The van der Waals surface area contributed by atoms with Crippen LogP contribution in [0.15, 0.2) is 18.2 Å². The van der Waals surface area contributed by atoms with Crippen LogP contribution >= 0.6 is 0 Å². The first-order chi connectivity index (χ1) is 7.95. The van der Waals surface area contributed by atoms with Crippen LogP contribution in [0.1, 0.15) is 31.4 Å². The van der Waals surface area contributed by atoms with Crippen LogP contribution in [-0.2, 0) is 0 Å². The van der Waals surface area contributed by atoms with E-state index in [0.29, 0.717) is 5.92 Å². The van der Waals surface area contributed by atoms with Crippen LogP contribution in [0.3, 0.4) is 0 Å². The van der Waals surface area contributed by atoms with E-state index in [1.165, 1.54) is 0 Å². The Kier molecular flexibility index (Phi) is 4.55. The molecule has 0 aliphatic heterocycles. The van der Waals surface area contributed by atoms with Crippen molar-refractivity contribution in [2.24, 2.45) is 11.7 Å². The molecule has 0 spiro atoms. The number of hydrogen-bond acceptors (Lipinski definition) is 2. The summed E-state index contributed by atoms with van der Waals surface area (Å²) in [5.41, 5.74) is 8.65. The maximum atomic E-state index is 7.64. The Balaban J connectivity index is 3.00. The molecule has 0 heterocycles. The molecule has 0 saturated carbocycles. The van der Waals surface area contributed by atoms with E-state index in [4.69, 9.17) is 11.1 Å². The normalized spacial score (nSPS) is 12.2. The summed E-state index contributed by atoms with van der Waals surface area (Å²) in [5, 5.41) is 7.64. The molecule has 94 valence electrons. The highest BCUT2D eigenvalue weighted by atomic mass is 15.1. The van der Waals surface area contributed by atoms with Crippen LogP contribution in [0.5, 0.6) is 0 Å². The van der Waals surface area contributed by atoms with Crippen LogP contribution in [0.2, 0.25) is 0 Å². The molecule has 1 unspecified atom stereocenters. The molecule has 1 aromatic rings. The minimum absolute atomic E-state index is 0.139. The summed E-state index contributed by atoms with van der Waals surface area (Å²) < 4.78 is 0. The standard InChI is InChI=1S/C14H23N3/c1-5-10(2)9-17(4)13-7-6-11(3)8-12(13)14(15)16/h6-8,10H,5,9H2,1-4H3,(H3,15,16). The highest BCUT2D eigenvalue weighted by Gasteiger charge is 2.11. The Hall–Kier alpha value is -1.51. The molecule has 1 aromatic carbocycles. The van der Waals surface area contributed by atoms with Crippen molar-refractivity contribution in [3.8, 4) is 0 Å². The van der Waals surface area contributed by atoms with Gasteiger partial charge in [-0.1, -0.05) is 31.9 Å². The second-order valence-corrected chi connectivity index (χ2v) is 4.83. The first-order valence-corrected chi connectivity index (χ1v) is 6.11. The maximum Gasteiger partial charge on any atom is 0.124 e. The number of amidine groups is 1. The Bertz CT molecular complexity index is 398. The molecule has 1 atom stereocenters. The summed E-state index contributed by atoms with van der Waals surface area (Å²) in [4.78, 5) is 2.18. The molecule has 0 radical (unpaired) electrons. The fourth-order valence-corrected chi connectivity index (χ4v) is 1.89. The zero-order valence-corrected chi connectivity index (χ0v) is 11.2. The number of hydrogen-bond donors (Lipinski definition) is 2. The van der Waals surface area contributed by atoms with Crippen molar-refractivity contribution in [1.29, 1.82) is 5.41 Å². The summed E-state index contributed by atoms with van der Waals surface area (Å²) in [6.45, 7) is 7.43. The average Bonchev–Trinajstić information content (AvgIpc) is 2.28. The predicted molar refractivity (Wildman–Crippen MR) is 74.9 cm³/mol. The van der Waals surface area contributed by atoms with Gasteiger partial charge in [0.05, 0.1) is 0 Å². The minimum Gasteiger partial charge on any atom is -0.384 e. The van der Waals surface area contributed by atoms with Gasteiger partial charge in [0.1, 0.15) is 5.84 Å². The summed E-state index contributed by atoms with van der Waals surface area (Å²) in [6, 6.07) is 6.09. The maximum absolute atomic E-state index is 7.64. The second-order valence-electron chi connectivity index (χ2n) is 4.83. The lowest BCUT2D eigenvalue weighted by molar-refractivity contribution is 0.560.